The Balaban J connectivity index is 1.73. The average Bonchev–Trinajstić information content (AvgIpc) is 3.42. The summed E-state index contributed by atoms with van der Waals surface area (Å²) in [4.78, 5) is 14.8. The van der Waals surface area contributed by atoms with Crippen molar-refractivity contribution in [2.24, 2.45) is 0 Å². The van der Waals surface area contributed by atoms with Crippen molar-refractivity contribution in [1.82, 2.24) is 20.0 Å². The first-order valence-corrected chi connectivity index (χ1v) is 12.1. The normalized spacial score (nSPS) is 15.4. The van der Waals surface area contributed by atoms with E-state index in [1.54, 1.807) is 33.8 Å². The van der Waals surface area contributed by atoms with Crippen LogP contribution < -0.4 is 10.1 Å². The monoisotopic (exact) mass is 500 g/mol. The Morgan fingerprint density at radius 3 is 2.74 bits per heavy atom. The number of benzene rings is 2. The number of nitrogens with one attached hydrogen (secondary N) is 1. The smallest absolute Gasteiger partial charge is 0.317 e. The van der Waals surface area contributed by atoms with Gasteiger partial charge in [0.1, 0.15) is 11.6 Å². The van der Waals surface area contributed by atoms with E-state index in [0.717, 1.165) is 24.1 Å². The number of aromatic nitrogens is 2. The molecule has 1 atom stereocenters. The van der Waals surface area contributed by atoms with Gasteiger partial charge in [-0.15, -0.1) is 0 Å². The zero-order valence-corrected chi connectivity index (χ0v) is 20.9. The van der Waals surface area contributed by atoms with Crippen LogP contribution in [-0.4, -0.2) is 46.0 Å². The first-order valence-electron chi connectivity index (χ1n) is 11.7. The van der Waals surface area contributed by atoms with Gasteiger partial charge in [0.15, 0.2) is 0 Å². The van der Waals surface area contributed by atoms with Crippen molar-refractivity contribution in [1.29, 1.82) is 0 Å². The molecule has 2 heterocycles. The van der Waals surface area contributed by atoms with Crippen LogP contribution in [0.1, 0.15) is 37.9 Å². The molecule has 1 aliphatic heterocycles. The van der Waals surface area contributed by atoms with Gasteiger partial charge in [-0.2, -0.15) is 5.10 Å². The fourth-order valence-corrected chi connectivity index (χ4v) is 4.13. The Hall–Kier alpha value is -3.10. The number of carbonyl (C=O) groups is 1. The third kappa shape index (κ3) is 6.32. The highest BCUT2D eigenvalue weighted by atomic mass is 35.5. The molecule has 1 aromatic heterocycles. The Morgan fingerprint density at radius 2 is 2.09 bits per heavy atom. The first kappa shape index (κ1) is 25.0. The fourth-order valence-electron chi connectivity index (χ4n) is 4.01. The summed E-state index contributed by atoms with van der Waals surface area (Å²) in [5.74, 6) is 0.332. The molecule has 35 heavy (non-hydrogen) atoms. The van der Waals surface area contributed by atoms with Crippen molar-refractivity contribution in [2.75, 3.05) is 13.2 Å². The average molecular weight is 501 g/mol. The predicted octanol–water partition coefficient (Wildman–Crippen LogP) is 5.86. The molecule has 7 nitrogen and oxygen atoms in total. The number of rotatable bonds is 8. The molecule has 2 aromatic carbocycles. The summed E-state index contributed by atoms with van der Waals surface area (Å²) in [5, 5.41) is 8.27. The van der Waals surface area contributed by atoms with Gasteiger partial charge < -0.3 is 19.7 Å². The highest BCUT2D eigenvalue weighted by Crippen LogP contribution is 2.32. The standard InChI is InChI=1S/C26H30ClFN4O3/c1-17(2)29-26(33)31(15-23-8-5-13-34-23)16-24-18(3)30-32(21-11-9-19(27)10-12-21)25(24)35-22-7-4-6-20(28)14-22/h4,6-7,9-12,14,17,23H,5,8,13,15-16H2,1-3H3,(H,29,33)/t23-/m1/s1. The van der Waals surface area contributed by atoms with Gasteiger partial charge in [0, 0.05) is 30.3 Å². The first-order chi connectivity index (χ1) is 16.8. The number of urea groups is 1. The lowest BCUT2D eigenvalue weighted by Crippen LogP contribution is -2.45. The zero-order chi connectivity index (χ0) is 24.9. The number of nitrogens with zero attached hydrogens (tertiary/aromatic N) is 3. The molecule has 0 bridgehead atoms. The summed E-state index contributed by atoms with van der Waals surface area (Å²) in [5.41, 5.74) is 2.15. The van der Waals surface area contributed by atoms with E-state index in [-0.39, 0.29) is 24.7 Å². The molecule has 9 heteroatoms. The maximum atomic E-state index is 13.9. The third-order valence-corrected chi connectivity index (χ3v) is 5.97. The van der Waals surface area contributed by atoms with Gasteiger partial charge in [0.05, 0.1) is 29.6 Å². The molecule has 2 amide bonds. The largest absolute Gasteiger partial charge is 0.438 e. The van der Waals surface area contributed by atoms with Crippen LogP contribution in [0, 0.1) is 12.7 Å². The summed E-state index contributed by atoms with van der Waals surface area (Å²) in [6.07, 6.45) is 1.86. The second kappa shape index (κ2) is 11.1. The van der Waals surface area contributed by atoms with E-state index in [1.165, 1.54) is 12.1 Å². The Labute approximate surface area is 209 Å². The predicted molar refractivity (Wildman–Crippen MR) is 133 cm³/mol. The minimum absolute atomic E-state index is 0.0181. The van der Waals surface area contributed by atoms with Crippen LogP contribution in [0.3, 0.4) is 0 Å². The van der Waals surface area contributed by atoms with Crippen LogP contribution >= 0.6 is 11.6 Å². The topological polar surface area (TPSA) is 68.6 Å². The second-order valence-corrected chi connectivity index (χ2v) is 9.37. The second-order valence-electron chi connectivity index (χ2n) is 8.94. The van der Waals surface area contributed by atoms with Gasteiger partial charge in [0.25, 0.3) is 0 Å². The minimum atomic E-state index is -0.408. The van der Waals surface area contributed by atoms with Gasteiger partial charge in [-0.25, -0.2) is 13.9 Å². The zero-order valence-electron chi connectivity index (χ0n) is 20.1. The van der Waals surface area contributed by atoms with Gasteiger partial charge in [-0.05, 0) is 70.0 Å². The molecular formula is C26H30ClFN4O3. The lowest BCUT2D eigenvalue weighted by molar-refractivity contribution is 0.0789. The van der Waals surface area contributed by atoms with Crippen molar-refractivity contribution in [3.63, 3.8) is 0 Å². The quantitative estimate of drug-likeness (QED) is 0.420. The summed E-state index contributed by atoms with van der Waals surface area (Å²) in [6, 6.07) is 12.9. The van der Waals surface area contributed by atoms with Gasteiger partial charge in [-0.1, -0.05) is 17.7 Å². The molecule has 1 saturated heterocycles. The van der Waals surface area contributed by atoms with E-state index in [4.69, 9.17) is 26.2 Å². The lowest BCUT2D eigenvalue weighted by atomic mass is 10.2. The number of hydrogen-bond donors (Lipinski definition) is 1. The van der Waals surface area contributed by atoms with E-state index < -0.39 is 5.82 Å². The van der Waals surface area contributed by atoms with E-state index in [1.807, 2.05) is 32.9 Å². The molecule has 0 radical (unpaired) electrons. The number of hydrogen-bond acceptors (Lipinski definition) is 4. The van der Waals surface area contributed by atoms with E-state index in [0.29, 0.717) is 35.5 Å². The Bertz CT molecular complexity index is 1160. The van der Waals surface area contributed by atoms with Crippen molar-refractivity contribution in [2.45, 2.75) is 52.3 Å². The molecule has 1 N–H and O–H groups in total. The van der Waals surface area contributed by atoms with Crippen molar-refractivity contribution in [3.05, 3.63) is 70.6 Å². The molecule has 0 spiro atoms. The molecule has 0 aliphatic carbocycles. The molecule has 1 fully saturated rings. The third-order valence-electron chi connectivity index (χ3n) is 5.72. The highest BCUT2D eigenvalue weighted by molar-refractivity contribution is 6.30. The lowest BCUT2D eigenvalue weighted by Gasteiger charge is -2.27. The molecule has 3 aromatic rings. The molecule has 4 rings (SSSR count). The number of halogens is 2. The number of ether oxygens (including phenoxy) is 2. The fraction of sp³-hybridized carbons (Fsp3) is 0.385. The number of aryl methyl sites for hydroxylation is 1. The van der Waals surface area contributed by atoms with Gasteiger partial charge in [0.2, 0.25) is 5.88 Å². The molecule has 0 unspecified atom stereocenters. The Kier molecular flexibility index (Phi) is 7.93. The van der Waals surface area contributed by atoms with Crippen LogP contribution in [0.15, 0.2) is 48.5 Å². The van der Waals surface area contributed by atoms with Crippen molar-refractivity contribution >= 4 is 17.6 Å². The number of carbonyl (C=O) groups excluding carboxylic acids is 1. The molecule has 1 aliphatic rings. The summed E-state index contributed by atoms with van der Waals surface area (Å²) in [6.45, 7) is 7.11. The van der Waals surface area contributed by atoms with E-state index in [2.05, 4.69) is 5.32 Å². The Morgan fingerprint density at radius 1 is 1.31 bits per heavy atom. The molecule has 0 saturated carbocycles. The van der Waals surface area contributed by atoms with Crippen LogP contribution in [-0.2, 0) is 11.3 Å². The summed E-state index contributed by atoms with van der Waals surface area (Å²) in [7, 11) is 0. The number of amides is 2. The maximum Gasteiger partial charge on any atom is 0.317 e. The van der Waals surface area contributed by atoms with Crippen LogP contribution in [0.5, 0.6) is 11.6 Å². The van der Waals surface area contributed by atoms with Crippen molar-refractivity contribution in [3.8, 4) is 17.3 Å². The maximum absolute atomic E-state index is 13.9. The molecule has 186 valence electrons. The van der Waals surface area contributed by atoms with E-state index >= 15 is 0 Å². The van der Waals surface area contributed by atoms with Crippen LogP contribution in [0.25, 0.3) is 5.69 Å². The van der Waals surface area contributed by atoms with Crippen LogP contribution in [0.4, 0.5) is 9.18 Å². The van der Waals surface area contributed by atoms with Crippen LogP contribution in [0.2, 0.25) is 5.02 Å². The van der Waals surface area contributed by atoms with E-state index in [9.17, 15) is 9.18 Å². The van der Waals surface area contributed by atoms with Gasteiger partial charge >= 0.3 is 6.03 Å². The SMILES string of the molecule is Cc1nn(-c2ccc(Cl)cc2)c(Oc2cccc(F)c2)c1CN(C[C@H]1CCCO1)C(=O)NC(C)C. The summed E-state index contributed by atoms with van der Waals surface area (Å²) >= 11 is 6.08. The summed E-state index contributed by atoms with van der Waals surface area (Å²) < 4.78 is 27.6. The minimum Gasteiger partial charge on any atom is -0.438 e. The molecular weight excluding hydrogens is 471 g/mol. The van der Waals surface area contributed by atoms with Crippen molar-refractivity contribution < 1.29 is 18.7 Å². The van der Waals surface area contributed by atoms with Gasteiger partial charge in [-0.3, -0.25) is 0 Å². The highest BCUT2D eigenvalue weighted by Gasteiger charge is 2.27.